The van der Waals surface area contributed by atoms with E-state index in [0.717, 1.165) is 12.4 Å². The van der Waals surface area contributed by atoms with Gasteiger partial charge in [0, 0.05) is 18.7 Å². The van der Waals surface area contributed by atoms with Gasteiger partial charge in [0.25, 0.3) is 0 Å². The van der Waals surface area contributed by atoms with Crippen LogP contribution in [0.25, 0.3) is 0 Å². The first-order valence-electron chi connectivity index (χ1n) is 5.56. The minimum Gasteiger partial charge on any atom is -0.358 e. The van der Waals surface area contributed by atoms with E-state index < -0.39 is 0 Å². The third-order valence-electron chi connectivity index (χ3n) is 2.41. The highest BCUT2D eigenvalue weighted by Crippen LogP contribution is 2.07. The zero-order chi connectivity index (χ0) is 12.1. The van der Waals surface area contributed by atoms with E-state index in [1.165, 1.54) is 6.07 Å². The van der Waals surface area contributed by atoms with E-state index >= 15 is 0 Å². The van der Waals surface area contributed by atoms with Gasteiger partial charge in [-0.2, -0.15) is 0 Å². The number of rotatable bonds is 3. The van der Waals surface area contributed by atoms with E-state index in [4.69, 9.17) is 0 Å². The third-order valence-corrected chi connectivity index (χ3v) is 2.41. The van der Waals surface area contributed by atoms with Crippen molar-refractivity contribution in [1.82, 2.24) is 9.88 Å². The van der Waals surface area contributed by atoms with Crippen molar-refractivity contribution < 1.29 is 0 Å². The first-order valence-corrected chi connectivity index (χ1v) is 5.56. The van der Waals surface area contributed by atoms with Crippen molar-refractivity contribution in [2.24, 2.45) is 4.99 Å². The standard InChI is InChI=1S/C12H19N3O/c1-5-15(9(2)3)10(4)13-11-7-6-8-12(16)14-11/h6-9H,5H2,1-4H3,(H,14,16)/b13-10+. The average molecular weight is 221 g/mol. The van der Waals surface area contributed by atoms with Gasteiger partial charge in [-0.25, -0.2) is 4.99 Å². The molecule has 0 fully saturated rings. The van der Waals surface area contributed by atoms with Crippen LogP contribution in [0, 0.1) is 0 Å². The average Bonchev–Trinajstić information content (AvgIpc) is 2.17. The molecule has 0 saturated carbocycles. The van der Waals surface area contributed by atoms with E-state index in [-0.39, 0.29) is 5.56 Å². The molecule has 1 aromatic heterocycles. The largest absolute Gasteiger partial charge is 0.358 e. The van der Waals surface area contributed by atoms with Gasteiger partial charge in [0.05, 0.1) is 0 Å². The summed E-state index contributed by atoms with van der Waals surface area (Å²) in [7, 11) is 0. The maximum atomic E-state index is 11.1. The molecule has 0 radical (unpaired) electrons. The summed E-state index contributed by atoms with van der Waals surface area (Å²) in [6.07, 6.45) is 0. The summed E-state index contributed by atoms with van der Waals surface area (Å²) in [4.78, 5) is 20.4. The van der Waals surface area contributed by atoms with Crippen LogP contribution in [0.15, 0.2) is 28.0 Å². The summed E-state index contributed by atoms with van der Waals surface area (Å²) < 4.78 is 0. The van der Waals surface area contributed by atoms with E-state index in [9.17, 15) is 4.79 Å². The smallest absolute Gasteiger partial charge is 0.249 e. The van der Waals surface area contributed by atoms with Crippen LogP contribution < -0.4 is 5.56 Å². The molecule has 1 aromatic rings. The molecular formula is C12H19N3O. The molecule has 0 atom stereocenters. The number of aromatic nitrogens is 1. The molecule has 4 nitrogen and oxygen atoms in total. The van der Waals surface area contributed by atoms with Crippen LogP contribution in [0.2, 0.25) is 0 Å². The molecule has 0 aliphatic carbocycles. The van der Waals surface area contributed by atoms with Crippen molar-refractivity contribution in [1.29, 1.82) is 0 Å². The second-order valence-electron chi connectivity index (χ2n) is 3.94. The highest BCUT2D eigenvalue weighted by molar-refractivity contribution is 5.82. The first-order chi connectivity index (χ1) is 7.54. The molecule has 0 saturated heterocycles. The van der Waals surface area contributed by atoms with E-state index in [1.54, 1.807) is 12.1 Å². The van der Waals surface area contributed by atoms with Gasteiger partial charge in [-0.3, -0.25) is 4.79 Å². The Kier molecular flexibility index (Phi) is 4.28. The SMILES string of the molecule is CCN(/C(C)=N/c1cccc(=O)[nH]1)C(C)C. The van der Waals surface area contributed by atoms with Gasteiger partial charge in [-0.15, -0.1) is 0 Å². The Morgan fingerprint density at radius 3 is 2.69 bits per heavy atom. The van der Waals surface area contributed by atoms with Crippen molar-refractivity contribution in [3.63, 3.8) is 0 Å². The summed E-state index contributed by atoms with van der Waals surface area (Å²) in [6.45, 7) is 9.19. The lowest BCUT2D eigenvalue weighted by Gasteiger charge is -2.26. The monoisotopic (exact) mass is 221 g/mol. The Labute approximate surface area is 96.0 Å². The highest BCUT2D eigenvalue weighted by atomic mass is 16.1. The van der Waals surface area contributed by atoms with Crippen molar-refractivity contribution in [3.8, 4) is 0 Å². The van der Waals surface area contributed by atoms with Crippen LogP contribution in [0.3, 0.4) is 0 Å². The maximum Gasteiger partial charge on any atom is 0.249 e. The zero-order valence-corrected chi connectivity index (χ0v) is 10.3. The number of nitrogens with one attached hydrogen (secondary N) is 1. The van der Waals surface area contributed by atoms with Crippen molar-refractivity contribution in [3.05, 3.63) is 28.6 Å². The van der Waals surface area contributed by atoms with Gasteiger partial charge in [0.1, 0.15) is 11.7 Å². The maximum absolute atomic E-state index is 11.1. The first kappa shape index (κ1) is 12.5. The topological polar surface area (TPSA) is 48.5 Å². The summed E-state index contributed by atoms with van der Waals surface area (Å²) in [5, 5.41) is 0. The number of hydrogen-bond acceptors (Lipinski definition) is 2. The van der Waals surface area contributed by atoms with E-state index in [2.05, 4.69) is 35.6 Å². The molecule has 1 N–H and O–H groups in total. The molecule has 88 valence electrons. The molecule has 0 bridgehead atoms. The van der Waals surface area contributed by atoms with Crippen LogP contribution >= 0.6 is 0 Å². The Morgan fingerprint density at radius 2 is 2.19 bits per heavy atom. The van der Waals surface area contributed by atoms with Crippen LogP contribution in [0.4, 0.5) is 5.82 Å². The predicted molar refractivity (Wildman–Crippen MR) is 67.3 cm³/mol. The fourth-order valence-electron chi connectivity index (χ4n) is 1.71. The molecule has 1 rings (SSSR count). The van der Waals surface area contributed by atoms with Gasteiger partial charge >= 0.3 is 0 Å². The second kappa shape index (κ2) is 5.49. The number of pyridine rings is 1. The summed E-state index contributed by atoms with van der Waals surface area (Å²) in [5.74, 6) is 1.52. The Morgan fingerprint density at radius 1 is 1.50 bits per heavy atom. The minimum absolute atomic E-state index is 0.123. The quantitative estimate of drug-likeness (QED) is 0.628. The summed E-state index contributed by atoms with van der Waals surface area (Å²) in [5.41, 5.74) is -0.123. The molecule has 0 amide bonds. The molecule has 0 spiro atoms. The van der Waals surface area contributed by atoms with Crippen molar-refractivity contribution >= 4 is 11.7 Å². The fourth-order valence-corrected chi connectivity index (χ4v) is 1.71. The van der Waals surface area contributed by atoms with Gasteiger partial charge in [0.15, 0.2) is 0 Å². The number of nitrogens with zero attached hydrogens (tertiary/aromatic N) is 2. The lowest BCUT2D eigenvalue weighted by atomic mass is 10.3. The number of aliphatic imine (C=N–C) groups is 1. The highest BCUT2D eigenvalue weighted by Gasteiger charge is 2.08. The molecule has 0 aliphatic rings. The predicted octanol–water partition coefficient (Wildman–Crippen LogP) is 2.16. The van der Waals surface area contributed by atoms with Crippen LogP contribution in [0.5, 0.6) is 0 Å². The van der Waals surface area contributed by atoms with Crippen molar-refractivity contribution in [2.75, 3.05) is 6.54 Å². The molecular weight excluding hydrogens is 202 g/mol. The van der Waals surface area contributed by atoms with Gasteiger partial charge in [0.2, 0.25) is 5.56 Å². The molecule has 0 aromatic carbocycles. The molecule has 4 heteroatoms. The second-order valence-corrected chi connectivity index (χ2v) is 3.94. The van der Waals surface area contributed by atoms with Crippen LogP contribution in [0.1, 0.15) is 27.7 Å². The lowest BCUT2D eigenvalue weighted by molar-refractivity contribution is 0.365. The third kappa shape index (κ3) is 3.22. The molecule has 16 heavy (non-hydrogen) atoms. The van der Waals surface area contributed by atoms with Crippen LogP contribution in [-0.4, -0.2) is 28.3 Å². The molecule has 0 unspecified atom stereocenters. The van der Waals surface area contributed by atoms with Crippen molar-refractivity contribution in [2.45, 2.75) is 33.7 Å². The summed E-state index contributed by atoms with van der Waals surface area (Å²) in [6, 6.07) is 5.38. The Balaban J connectivity index is 2.95. The zero-order valence-electron chi connectivity index (χ0n) is 10.3. The Bertz CT molecular complexity index is 420. The molecule has 0 aliphatic heterocycles. The van der Waals surface area contributed by atoms with Gasteiger partial charge in [-0.05, 0) is 33.8 Å². The Hall–Kier alpha value is -1.58. The fraction of sp³-hybridized carbons (Fsp3) is 0.500. The number of H-pyrrole nitrogens is 1. The van der Waals surface area contributed by atoms with E-state index in [0.29, 0.717) is 11.9 Å². The van der Waals surface area contributed by atoms with E-state index in [1.807, 2.05) is 6.92 Å². The minimum atomic E-state index is -0.123. The summed E-state index contributed by atoms with van der Waals surface area (Å²) >= 11 is 0. The number of hydrogen-bond donors (Lipinski definition) is 1. The molecule has 1 heterocycles. The lowest BCUT2D eigenvalue weighted by Crippen LogP contribution is -2.34. The van der Waals surface area contributed by atoms with Crippen LogP contribution in [-0.2, 0) is 0 Å². The van der Waals surface area contributed by atoms with Gasteiger partial charge < -0.3 is 9.88 Å². The van der Waals surface area contributed by atoms with Gasteiger partial charge in [-0.1, -0.05) is 6.07 Å². The number of aromatic amines is 1. The normalized spacial score (nSPS) is 11.9. The number of amidine groups is 1.